The van der Waals surface area contributed by atoms with Crippen molar-refractivity contribution < 1.29 is 4.79 Å². The summed E-state index contributed by atoms with van der Waals surface area (Å²) in [6, 6.07) is 0. The molecule has 0 saturated heterocycles. The third-order valence-corrected chi connectivity index (χ3v) is 3.70. The smallest absolute Gasteiger partial charge is 0.222 e. The molecule has 1 rings (SSSR count). The minimum Gasteiger partial charge on any atom is -0.222 e. The van der Waals surface area contributed by atoms with E-state index in [1.165, 1.54) is 51.4 Å². The largest absolute Gasteiger partial charge is 0.231 e. The Morgan fingerprint density at radius 2 is 2.06 bits per heavy atom. The maximum absolute atomic E-state index is 8.35. The van der Waals surface area contributed by atoms with E-state index >= 15 is 0 Å². The van der Waals surface area contributed by atoms with Crippen molar-refractivity contribution in [2.45, 2.75) is 72.1 Å². The van der Waals surface area contributed by atoms with E-state index in [0.29, 0.717) is 5.41 Å². The van der Waals surface area contributed by atoms with Crippen LogP contribution in [-0.2, 0) is 4.79 Å². The number of unbranched alkanes of at least 4 members (excludes halogenated alkanes) is 2. The molecule has 0 aromatic heterocycles. The highest BCUT2D eigenvalue weighted by Gasteiger charge is 2.29. The molecule has 0 heterocycles. The van der Waals surface area contributed by atoms with Crippen molar-refractivity contribution in [2.24, 2.45) is 11.3 Å². The van der Waals surface area contributed by atoms with Crippen molar-refractivity contribution in [3.05, 3.63) is 0 Å². The van der Waals surface area contributed by atoms with E-state index in [-0.39, 0.29) is 0 Å². The summed E-state index contributed by atoms with van der Waals surface area (Å²) in [5.41, 5.74) is 0.701. The van der Waals surface area contributed by atoms with E-state index in [2.05, 4.69) is 20.8 Å². The van der Waals surface area contributed by atoms with Crippen LogP contribution in [0.25, 0.3) is 0 Å². The topological polar surface area (TPSA) is 40.9 Å². The molecule has 0 aromatic carbocycles. The van der Waals surface area contributed by atoms with Gasteiger partial charge in [0.2, 0.25) is 6.08 Å². The van der Waals surface area contributed by atoms with Crippen LogP contribution in [-0.4, -0.2) is 6.08 Å². The van der Waals surface area contributed by atoms with Crippen LogP contribution in [0.1, 0.15) is 72.1 Å². The van der Waals surface area contributed by atoms with Crippen LogP contribution in [0, 0.1) is 16.7 Å². The maximum atomic E-state index is 8.35. The number of hydrogen-bond acceptors (Lipinski definition) is 2. The van der Waals surface area contributed by atoms with Crippen LogP contribution in [0.15, 0.2) is 0 Å². The van der Waals surface area contributed by atoms with Gasteiger partial charge in [-0.15, -0.1) is 0 Å². The monoisotopic (exact) mass is 225 g/mol. The van der Waals surface area contributed by atoms with Gasteiger partial charge in [0, 0.05) is 0 Å². The zero-order valence-corrected chi connectivity index (χ0v) is 11.1. The number of rotatable bonds is 4. The molecule has 1 aliphatic carbocycles. The summed E-state index contributed by atoms with van der Waals surface area (Å²) in [7, 11) is 0. The van der Waals surface area contributed by atoms with Gasteiger partial charge >= 0.3 is 0 Å². The zero-order chi connectivity index (χ0) is 12.4. The highest BCUT2D eigenvalue weighted by atomic mass is 16.1. The van der Waals surface area contributed by atoms with Gasteiger partial charge in [-0.05, 0) is 30.6 Å². The number of hydrogen-bond donors (Lipinski definition) is 1. The van der Waals surface area contributed by atoms with Crippen LogP contribution in [0.4, 0.5) is 0 Å². The SMILES string of the molecule is CCCCCC1(C)CCCC(C)C1.N=C=O. The van der Waals surface area contributed by atoms with Crippen molar-refractivity contribution in [3.8, 4) is 0 Å². The van der Waals surface area contributed by atoms with Gasteiger partial charge in [0.05, 0.1) is 0 Å². The predicted molar refractivity (Wildman–Crippen MR) is 68.3 cm³/mol. The molecule has 2 nitrogen and oxygen atoms in total. The number of nitrogens with one attached hydrogen (secondary N) is 1. The lowest BCUT2D eigenvalue weighted by Gasteiger charge is -2.37. The summed E-state index contributed by atoms with van der Waals surface area (Å²) >= 11 is 0. The summed E-state index contributed by atoms with van der Waals surface area (Å²) < 4.78 is 0. The van der Waals surface area contributed by atoms with Gasteiger partial charge in [0.15, 0.2) is 0 Å². The van der Waals surface area contributed by atoms with Gasteiger partial charge in [-0.25, -0.2) is 10.2 Å². The van der Waals surface area contributed by atoms with Crippen LogP contribution in [0.3, 0.4) is 0 Å². The number of isocyanates is 1. The van der Waals surface area contributed by atoms with Crippen LogP contribution >= 0.6 is 0 Å². The van der Waals surface area contributed by atoms with Gasteiger partial charge in [-0.2, -0.15) is 0 Å². The summed E-state index contributed by atoms with van der Waals surface area (Å²) in [5, 5.41) is 5.40. The molecule has 94 valence electrons. The third-order valence-electron chi connectivity index (χ3n) is 3.70. The van der Waals surface area contributed by atoms with Crippen molar-refractivity contribution in [3.63, 3.8) is 0 Å². The zero-order valence-electron chi connectivity index (χ0n) is 11.1. The minimum atomic E-state index is 0.701. The average Bonchev–Trinajstić information content (AvgIpc) is 2.18. The summed E-state index contributed by atoms with van der Waals surface area (Å²) in [5.74, 6) is 0.986. The second-order valence-corrected chi connectivity index (χ2v) is 5.57. The molecule has 1 fully saturated rings. The lowest BCUT2D eigenvalue weighted by Crippen LogP contribution is -2.24. The first kappa shape index (κ1) is 15.4. The molecule has 0 radical (unpaired) electrons. The lowest BCUT2D eigenvalue weighted by molar-refractivity contribution is 0.151. The highest BCUT2D eigenvalue weighted by Crippen LogP contribution is 2.42. The van der Waals surface area contributed by atoms with Crippen molar-refractivity contribution >= 4 is 6.08 Å². The van der Waals surface area contributed by atoms with E-state index in [0.717, 1.165) is 12.0 Å². The maximum Gasteiger partial charge on any atom is 0.231 e. The molecule has 0 aromatic rings. The van der Waals surface area contributed by atoms with Crippen LogP contribution < -0.4 is 0 Å². The van der Waals surface area contributed by atoms with Gasteiger partial charge in [0.1, 0.15) is 0 Å². The standard InChI is InChI=1S/C13H26.CHNO/c1-4-5-6-9-13(3)10-7-8-12(2)11-13;2-1-3/h12H,4-11H2,1-3H3;2H. The second kappa shape index (κ2) is 8.52. The normalized spacial score (nSPS) is 28.8. The third kappa shape index (κ3) is 6.79. The molecule has 0 spiro atoms. The Labute approximate surface area is 100 Å². The average molecular weight is 225 g/mol. The van der Waals surface area contributed by atoms with Gasteiger partial charge in [-0.3, -0.25) is 0 Å². The molecule has 0 bridgehead atoms. The Balaban J connectivity index is 0.000000673. The van der Waals surface area contributed by atoms with Crippen LogP contribution in [0.2, 0.25) is 0 Å². The molecule has 1 saturated carbocycles. The molecular formula is C14H27NO. The van der Waals surface area contributed by atoms with Gasteiger partial charge in [-0.1, -0.05) is 52.9 Å². The van der Waals surface area contributed by atoms with E-state index in [9.17, 15) is 0 Å². The quantitative estimate of drug-likeness (QED) is 0.421. The van der Waals surface area contributed by atoms with Gasteiger partial charge in [0.25, 0.3) is 0 Å². The van der Waals surface area contributed by atoms with E-state index in [4.69, 9.17) is 10.2 Å². The lowest BCUT2D eigenvalue weighted by atomic mass is 9.69. The van der Waals surface area contributed by atoms with E-state index in [1.807, 2.05) is 0 Å². The molecule has 2 unspecified atom stereocenters. The Bertz CT molecular complexity index is 209. The van der Waals surface area contributed by atoms with E-state index in [1.54, 1.807) is 0 Å². The number of carbonyl (C=O) groups excluding carboxylic acids is 1. The Kier molecular flexibility index (Phi) is 8.19. The molecule has 1 N–H and O–H groups in total. The Morgan fingerprint density at radius 1 is 1.44 bits per heavy atom. The first-order chi connectivity index (χ1) is 7.58. The summed E-state index contributed by atoms with van der Waals surface area (Å²) in [4.78, 5) is 8.35. The summed E-state index contributed by atoms with van der Waals surface area (Å²) in [6.45, 7) is 7.24. The van der Waals surface area contributed by atoms with E-state index < -0.39 is 0 Å². The van der Waals surface area contributed by atoms with Crippen molar-refractivity contribution in [1.82, 2.24) is 0 Å². The Hall–Kier alpha value is -0.620. The highest BCUT2D eigenvalue weighted by molar-refractivity contribution is 5.26. The molecule has 16 heavy (non-hydrogen) atoms. The van der Waals surface area contributed by atoms with Crippen molar-refractivity contribution in [1.29, 1.82) is 5.41 Å². The van der Waals surface area contributed by atoms with Crippen molar-refractivity contribution in [2.75, 3.05) is 0 Å². The molecule has 2 heteroatoms. The van der Waals surface area contributed by atoms with Gasteiger partial charge < -0.3 is 0 Å². The molecule has 2 atom stereocenters. The fraction of sp³-hybridized carbons (Fsp3) is 0.929. The fourth-order valence-corrected chi connectivity index (χ4v) is 2.95. The summed E-state index contributed by atoms with van der Waals surface area (Å²) in [6.07, 6.45) is 12.4. The van der Waals surface area contributed by atoms with Crippen LogP contribution in [0.5, 0.6) is 0 Å². The fourth-order valence-electron chi connectivity index (χ4n) is 2.95. The molecule has 1 aliphatic rings. The molecule has 0 aliphatic heterocycles. The first-order valence-corrected chi connectivity index (χ1v) is 6.62. The Morgan fingerprint density at radius 3 is 2.56 bits per heavy atom. The first-order valence-electron chi connectivity index (χ1n) is 6.62. The second-order valence-electron chi connectivity index (χ2n) is 5.57. The molecular weight excluding hydrogens is 198 g/mol. The predicted octanol–water partition coefficient (Wildman–Crippen LogP) is 4.68. The minimum absolute atomic E-state index is 0.701. The molecule has 0 amide bonds.